The fourth-order valence-electron chi connectivity index (χ4n) is 8.35. The van der Waals surface area contributed by atoms with Crippen LogP contribution in [0.1, 0.15) is 0 Å². The van der Waals surface area contributed by atoms with E-state index in [0.717, 1.165) is 78.5 Å². The van der Waals surface area contributed by atoms with Gasteiger partial charge >= 0.3 is 0 Å². The average molecular weight is 741 g/mol. The molecule has 3 aromatic heterocycles. The molecule has 3 heterocycles. The van der Waals surface area contributed by atoms with Crippen molar-refractivity contribution in [1.29, 1.82) is 0 Å². The molecule has 8 aromatic carbocycles. The number of imidazole rings is 2. The summed E-state index contributed by atoms with van der Waals surface area (Å²) in [6.07, 6.45) is 2.09. The molecule has 0 saturated heterocycles. The normalized spacial score (nSPS) is 11.4. The summed E-state index contributed by atoms with van der Waals surface area (Å²) < 4.78 is 4.43. The van der Waals surface area contributed by atoms with Crippen molar-refractivity contribution in [1.82, 2.24) is 18.9 Å². The number of benzene rings is 8. The van der Waals surface area contributed by atoms with Gasteiger partial charge in [0, 0.05) is 28.6 Å². The van der Waals surface area contributed by atoms with Gasteiger partial charge in [-0.05, 0) is 98.8 Å². The predicted molar refractivity (Wildman–Crippen MR) is 240 cm³/mol. The van der Waals surface area contributed by atoms with Crippen molar-refractivity contribution in [2.24, 2.45) is 0 Å². The Morgan fingerprint density at radius 2 is 0.983 bits per heavy atom. The van der Waals surface area contributed by atoms with Crippen molar-refractivity contribution >= 4 is 27.5 Å². The summed E-state index contributed by atoms with van der Waals surface area (Å²) in [6, 6.07) is 75.5. The monoisotopic (exact) mass is 740 g/mol. The number of aromatic nitrogens is 4. The summed E-state index contributed by atoms with van der Waals surface area (Å²) in [5.41, 5.74) is 16.4. The lowest BCUT2D eigenvalue weighted by Crippen LogP contribution is -1.97. The number of para-hydroxylation sites is 3. The van der Waals surface area contributed by atoms with Gasteiger partial charge in [-0.3, -0.25) is 8.97 Å². The summed E-state index contributed by atoms with van der Waals surface area (Å²) in [4.78, 5) is 10.2. The van der Waals surface area contributed by atoms with Crippen LogP contribution in [-0.2, 0) is 0 Å². The van der Waals surface area contributed by atoms with Crippen LogP contribution in [0.25, 0.3) is 100 Å². The Morgan fingerprint density at radius 3 is 1.76 bits per heavy atom. The Kier molecular flexibility index (Phi) is 8.11. The van der Waals surface area contributed by atoms with E-state index in [0.29, 0.717) is 0 Å². The first-order chi connectivity index (χ1) is 28.7. The largest absolute Gasteiger partial charge is 0.299 e. The lowest BCUT2D eigenvalue weighted by molar-refractivity contribution is 1.10. The molecule has 4 heteroatoms. The first-order valence-corrected chi connectivity index (χ1v) is 19.7. The standard InChI is InChI=1S/C54H36N4/c1-3-15-41(16-4-1)53-52(56-51-24-11-12-33-57(51)53)40-29-25-37(26-30-40)43-34-44(36-45(35-43)48-21-13-17-39-14-7-8-20-47(39)48)38-27-31-42(32-28-38)54-55-49-22-9-10-23-50(49)58(54)46-18-5-2-6-19-46/h1-36H. The van der Waals surface area contributed by atoms with Crippen molar-refractivity contribution in [2.45, 2.75) is 0 Å². The molecule has 0 atom stereocenters. The van der Waals surface area contributed by atoms with Gasteiger partial charge in [0.1, 0.15) is 11.5 Å². The Hall–Kier alpha value is -7.82. The van der Waals surface area contributed by atoms with Crippen LogP contribution in [0.4, 0.5) is 0 Å². The molecule has 11 aromatic rings. The van der Waals surface area contributed by atoms with Gasteiger partial charge in [0.25, 0.3) is 0 Å². The zero-order chi connectivity index (χ0) is 38.4. The van der Waals surface area contributed by atoms with E-state index in [1.807, 2.05) is 12.1 Å². The van der Waals surface area contributed by atoms with Crippen molar-refractivity contribution < 1.29 is 0 Å². The molecular weight excluding hydrogens is 705 g/mol. The third-order valence-corrected chi connectivity index (χ3v) is 11.2. The van der Waals surface area contributed by atoms with Crippen LogP contribution in [0.15, 0.2) is 219 Å². The lowest BCUT2D eigenvalue weighted by Gasteiger charge is -2.14. The minimum Gasteiger partial charge on any atom is -0.299 e. The summed E-state index contributed by atoms with van der Waals surface area (Å²) >= 11 is 0. The summed E-state index contributed by atoms with van der Waals surface area (Å²) in [5, 5.41) is 2.46. The Morgan fingerprint density at radius 1 is 0.379 bits per heavy atom. The zero-order valence-corrected chi connectivity index (χ0v) is 31.6. The van der Waals surface area contributed by atoms with E-state index in [1.54, 1.807) is 0 Å². The van der Waals surface area contributed by atoms with Gasteiger partial charge in [0.15, 0.2) is 0 Å². The fourth-order valence-corrected chi connectivity index (χ4v) is 8.35. The molecule has 0 unspecified atom stereocenters. The third-order valence-electron chi connectivity index (χ3n) is 11.2. The second kappa shape index (κ2) is 14.0. The Labute approximate surface area is 336 Å². The number of nitrogens with zero attached hydrogens (tertiary/aromatic N) is 4. The molecule has 0 spiro atoms. The number of rotatable bonds is 7. The number of hydrogen-bond acceptors (Lipinski definition) is 2. The molecule has 0 aliphatic heterocycles. The van der Waals surface area contributed by atoms with E-state index in [-0.39, 0.29) is 0 Å². The molecule has 0 fully saturated rings. The van der Waals surface area contributed by atoms with Gasteiger partial charge < -0.3 is 0 Å². The maximum Gasteiger partial charge on any atom is 0.145 e. The molecule has 0 radical (unpaired) electrons. The van der Waals surface area contributed by atoms with Crippen LogP contribution in [0.2, 0.25) is 0 Å². The zero-order valence-electron chi connectivity index (χ0n) is 31.6. The molecule has 0 bridgehead atoms. The topological polar surface area (TPSA) is 35.1 Å². The van der Waals surface area contributed by atoms with Gasteiger partial charge in [0.2, 0.25) is 0 Å². The molecule has 0 aliphatic carbocycles. The summed E-state index contributed by atoms with van der Waals surface area (Å²) in [5.74, 6) is 0.922. The van der Waals surface area contributed by atoms with Gasteiger partial charge in [-0.25, -0.2) is 9.97 Å². The van der Waals surface area contributed by atoms with Gasteiger partial charge in [-0.1, -0.05) is 158 Å². The number of pyridine rings is 1. The van der Waals surface area contributed by atoms with E-state index < -0.39 is 0 Å². The number of hydrogen-bond donors (Lipinski definition) is 0. The minimum absolute atomic E-state index is 0.922. The molecule has 4 nitrogen and oxygen atoms in total. The molecule has 272 valence electrons. The molecule has 11 rings (SSSR count). The highest BCUT2D eigenvalue weighted by Gasteiger charge is 2.18. The smallest absolute Gasteiger partial charge is 0.145 e. The first-order valence-electron chi connectivity index (χ1n) is 19.7. The van der Waals surface area contributed by atoms with Crippen molar-refractivity contribution in [3.05, 3.63) is 219 Å². The van der Waals surface area contributed by atoms with Gasteiger partial charge in [-0.15, -0.1) is 0 Å². The molecule has 0 N–H and O–H groups in total. The summed E-state index contributed by atoms with van der Waals surface area (Å²) in [7, 11) is 0. The highest BCUT2D eigenvalue weighted by Crippen LogP contribution is 2.39. The molecule has 0 aliphatic rings. The van der Waals surface area contributed by atoms with Crippen LogP contribution in [-0.4, -0.2) is 18.9 Å². The molecular formula is C54H36N4. The van der Waals surface area contributed by atoms with E-state index >= 15 is 0 Å². The highest BCUT2D eigenvalue weighted by atomic mass is 15.1. The average Bonchev–Trinajstić information content (AvgIpc) is 3.89. The van der Waals surface area contributed by atoms with E-state index in [9.17, 15) is 0 Å². The maximum atomic E-state index is 5.12. The van der Waals surface area contributed by atoms with E-state index in [4.69, 9.17) is 9.97 Å². The molecule has 0 saturated carbocycles. The molecule has 0 amide bonds. The number of fused-ring (bicyclic) bond motifs is 3. The van der Waals surface area contributed by atoms with Crippen molar-refractivity contribution in [3.8, 4) is 73.0 Å². The van der Waals surface area contributed by atoms with Crippen molar-refractivity contribution in [2.75, 3.05) is 0 Å². The summed E-state index contributed by atoms with van der Waals surface area (Å²) in [6.45, 7) is 0. The quantitative estimate of drug-likeness (QED) is 0.163. The Balaban J connectivity index is 1.03. The van der Waals surface area contributed by atoms with Crippen LogP contribution < -0.4 is 0 Å². The SMILES string of the molecule is c1ccc(-c2c(-c3ccc(-c4cc(-c5ccc(-c6nc7ccccc7n6-c6ccccc6)cc5)cc(-c5cccc6ccccc56)c4)cc3)nc3ccccn23)cc1. The lowest BCUT2D eigenvalue weighted by atomic mass is 9.90. The Bertz CT molecular complexity index is 3060. The van der Waals surface area contributed by atoms with Crippen LogP contribution >= 0.6 is 0 Å². The maximum absolute atomic E-state index is 5.12. The van der Waals surface area contributed by atoms with E-state index in [2.05, 4.69) is 215 Å². The minimum atomic E-state index is 0.922. The second-order valence-electron chi connectivity index (χ2n) is 14.7. The predicted octanol–water partition coefficient (Wildman–Crippen LogP) is 13.8. The molecule has 58 heavy (non-hydrogen) atoms. The van der Waals surface area contributed by atoms with E-state index in [1.165, 1.54) is 21.9 Å². The van der Waals surface area contributed by atoms with Crippen LogP contribution in [0.3, 0.4) is 0 Å². The highest BCUT2D eigenvalue weighted by molar-refractivity contribution is 5.98. The third kappa shape index (κ3) is 5.87. The van der Waals surface area contributed by atoms with Crippen LogP contribution in [0, 0.1) is 0 Å². The van der Waals surface area contributed by atoms with Gasteiger partial charge in [-0.2, -0.15) is 0 Å². The first kappa shape index (κ1) is 33.5. The van der Waals surface area contributed by atoms with Crippen LogP contribution in [0.5, 0.6) is 0 Å². The fraction of sp³-hybridized carbons (Fsp3) is 0. The second-order valence-corrected chi connectivity index (χ2v) is 14.7. The van der Waals surface area contributed by atoms with Crippen molar-refractivity contribution in [3.63, 3.8) is 0 Å². The van der Waals surface area contributed by atoms with Gasteiger partial charge in [0.05, 0.1) is 22.4 Å².